The highest BCUT2D eigenvalue weighted by Crippen LogP contribution is 2.28. The molecular formula is C16H20N2O5S3. The van der Waals surface area contributed by atoms with E-state index in [4.69, 9.17) is 4.74 Å². The van der Waals surface area contributed by atoms with Crippen LogP contribution in [-0.2, 0) is 24.8 Å². The predicted octanol–water partition coefficient (Wildman–Crippen LogP) is 2.19. The molecule has 10 heteroatoms. The average molecular weight is 417 g/mol. The number of aryl methyl sites for hydroxylation is 2. The maximum atomic E-state index is 12.7. The Bertz CT molecular complexity index is 1010. The van der Waals surface area contributed by atoms with E-state index in [1.54, 1.807) is 13.0 Å². The molecule has 0 atom stereocenters. The second kappa shape index (κ2) is 7.28. The minimum Gasteiger partial charge on any atom is -0.379 e. The Morgan fingerprint density at radius 3 is 2.38 bits per heavy atom. The van der Waals surface area contributed by atoms with Gasteiger partial charge in [-0.05, 0) is 38.1 Å². The number of nitrogens with one attached hydrogen (secondary N) is 1. The maximum absolute atomic E-state index is 12.7. The van der Waals surface area contributed by atoms with E-state index in [0.717, 1.165) is 4.88 Å². The molecule has 1 aromatic carbocycles. The fourth-order valence-corrected chi connectivity index (χ4v) is 6.80. The molecule has 0 spiro atoms. The smallest absolute Gasteiger partial charge is 0.262 e. The van der Waals surface area contributed by atoms with Crippen LogP contribution in [0.2, 0.25) is 0 Å². The van der Waals surface area contributed by atoms with Gasteiger partial charge in [-0.15, -0.1) is 11.3 Å². The van der Waals surface area contributed by atoms with E-state index in [1.165, 1.54) is 39.9 Å². The topological polar surface area (TPSA) is 92.8 Å². The van der Waals surface area contributed by atoms with Crippen molar-refractivity contribution in [2.75, 3.05) is 31.0 Å². The van der Waals surface area contributed by atoms with Gasteiger partial charge in [0.15, 0.2) is 0 Å². The first kappa shape index (κ1) is 19.3. The Balaban J connectivity index is 1.89. The molecule has 0 radical (unpaired) electrons. The van der Waals surface area contributed by atoms with Crippen molar-refractivity contribution in [2.45, 2.75) is 23.6 Å². The molecular weight excluding hydrogens is 396 g/mol. The van der Waals surface area contributed by atoms with Gasteiger partial charge in [0.1, 0.15) is 4.90 Å². The van der Waals surface area contributed by atoms with Crippen molar-refractivity contribution in [3.63, 3.8) is 0 Å². The van der Waals surface area contributed by atoms with Crippen LogP contribution in [0.25, 0.3) is 0 Å². The van der Waals surface area contributed by atoms with Crippen LogP contribution in [0.15, 0.2) is 40.1 Å². The lowest BCUT2D eigenvalue weighted by atomic mass is 10.3. The van der Waals surface area contributed by atoms with E-state index in [0.29, 0.717) is 18.1 Å². The minimum atomic E-state index is -3.78. The van der Waals surface area contributed by atoms with E-state index in [9.17, 15) is 16.8 Å². The quantitative estimate of drug-likeness (QED) is 0.807. The third kappa shape index (κ3) is 3.94. The summed E-state index contributed by atoms with van der Waals surface area (Å²) in [6, 6.07) is 7.47. The molecule has 0 unspecified atom stereocenters. The van der Waals surface area contributed by atoms with Crippen molar-refractivity contribution in [1.82, 2.24) is 4.31 Å². The Hall–Kier alpha value is -1.46. The monoisotopic (exact) mass is 416 g/mol. The normalized spacial score (nSPS) is 16.5. The summed E-state index contributed by atoms with van der Waals surface area (Å²) in [4.78, 5) is 1.85. The Kier molecular flexibility index (Phi) is 5.40. The van der Waals surface area contributed by atoms with Gasteiger partial charge in [0.25, 0.3) is 10.0 Å². The number of thiophene rings is 1. The van der Waals surface area contributed by atoms with Crippen LogP contribution < -0.4 is 4.72 Å². The number of hydrogen-bond acceptors (Lipinski definition) is 6. The van der Waals surface area contributed by atoms with Crippen molar-refractivity contribution in [3.8, 4) is 0 Å². The lowest BCUT2D eigenvalue weighted by Gasteiger charge is -2.26. The zero-order chi connectivity index (χ0) is 18.9. The van der Waals surface area contributed by atoms with Gasteiger partial charge in [-0.2, -0.15) is 4.31 Å². The summed E-state index contributed by atoms with van der Waals surface area (Å²) in [7, 11) is -7.47. The van der Waals surface area contributed by atoms with Crippen LogP contribution in [0.5, 0.6) is 0 Å². The lowest BCUT2D eigenvalue weighted by molar-refractivity contribution is 0.0730. The largest absolute Gasteiger partial charge is 0.379 e. The highest BCUT2D eigenvalue weighted by molar-refractivity contribution is 7.93. The third-order valence-corrected chi connectivity index (χ3v) is 8.48. The molecule has 1 fully saturated rings. The van der Waals surface area contributed by atoms with E-state index < -0.39 is 20.0 Å². The summed E-state index contributed by atoms with van der Waals surface area (Å²) in [6.45, 7) is 4.85. The van der Waals surface area contributed by atoms with Gasteiger partial charge >= 0.3 is 0 Å². The first-order chi connectivity index (χ1) is 12.2. The molecule has 3 rings (SSSR count). The SMILES string of the molecule is Cc1cc(S(=O)(=O)Nc2cccc(S(=O)(=O)N3CCOCC3)c2)c(C)s1. The van der Waals surface area contributed by atoms with E-state index in [2.05, 4.69) is 4.72 Å². The zero-order valence-electron chi connectivity index (χ0n) is 14.4. The van der Waals surface area contributed by atoms with Gasteiger partial charge in [0.05, 0.1) is 23.8 Å². The molecule has 142 valence electrons. The molecule has 0 aliphatic carbocycles. The first-order valence-corrected chi connectivity index (χ1v) is 11.7. The number of hydrogen-bond donors (Lipinski definition) is 1. The summed E-state index contributed by atoms with van der Waals surface area (Å²) in [6.07, 6.45) is 0. The van der Waals surface area contributed by atoms with Crippen LogP contribution in [0.1, 0.15) is 9.75 Å². The fourth-order valence-electron chi connectivity index (χ4n) is 2.74. The number of morpholine rings is 1. The highest BCUT2D eigenvalue weighted by atomic mass is 32.2. The van der Waals surface area contributed by atoms with Crippen LogP contribution in [-0.4, -0.2) is 47.4 Å². The van der Waals surface area contributed by atoms with Crippen molar-refractivity contribution >= 4 is 37.1 Å². The van der Waals surface area contributed by atoms with E-state index in [1.807, 2.05) is 6.92 Å². The Labute approximate surface area is 157 Å². The van der Waals surface area contributed by atoms with E-state index in [-0.39, 0.29) is 28.6 Å². The standard InChI is InChI=1S/C16H20N2O5S3/c1-12-10-16(13(2)24-12)25(19,20)17-14-4-3-5-15(11-14)26(21,22)18-6-8-23-9-7-18/h3-5,10-11,17H,6-9H2,1-2H3. The molecule has 0 saturated carbocycles. The van der Waals surface area contributed by atoms with Crippen LogP contribution in [0, 0.1) is 13.8 Å². The molecule has 7 nitrogen and oxygen atoms in total. The van der Waals surface area contributed by atoms with Crippen molar-refractivity contribution in [3.05, 3.63) is 40.1 Å². The molecule has 1 aliphatic rings. The molecule has 1 aromatic heterocycles. The van der Waals surface area contributed by atoms with Gasteiger partial charge in [-0.1, -0.05) is 6.07 Å². The number of sulfonamides is 2. The number of benzene rings is 1. The second-order valence-electron chi connectivity index (χ2n) is 5.93. The molecule has 1 N–H and O–H groups in total. The maximum Gasteiger partial charge on any atom is 0.262 e. The molecule has 2 heterocycles. The summed E-state index contributed by atoms with van der Waals surface area (Å²) < 4.78 is 59.7. The molecule has 26 heavy (non-hydrogen) atoms. The summed E-state index contributed by atoms with van der Waals surface area (Å²) in [5.74, 6) is 0. The van der Waals surface area contributed by atoms with Crippen molar-refractivity contribution in [1.29, 1.82) is 0 Å². The second-order valence-corrected chi connectivity index (χ2v) is 11.0. The minimum absolute atomic E-state index is 0.0535. The molecule has 1 aliphatic heterocycles. The van der Waals surface area contributed by atoms with Gasteiger partial charge in [0, 0.05) is 22.8 Å². The number of nitrogens with zero attached hydrogens (tertiary/aromatic N) is 1. The lowest BCUT2D eigenvalue weighted by Crippen LogP contribution is -2.40. The van der Waals surface area contributed by atoms with Gasteiger partial charge < -0.3 is 4.74 Å². The summed E-state index contributed by atoms with van der Waals surface area (Å²) in [5.41, 5.74) is 0.211. The molecule has 0 bridgehead atoms. The third-order valence-electron chi connectivity index (χ3n) is 3.98. The van der Waals surface area contributed by atoms with Crippen LogP contribution in [0.3, 0.4) is 0 Å². The van der Waals surface area contributed by atoms with Crippen LogP contribution in [0.4, 0.5) is 5.69 Å². The van der Waals surface area contributed by atoms with Gasteiger partial charge in [-0.25, -0.2) is 16.8 Å². The van der Waals surface area contributed by atoms with Crippen LogP contribution >= 0.6 is 11.3 Å². The Morgan fingerprint density at radius 1 is 1.08 bits per heavy atom. The molecule has 2 aromatic rings. The number of ether oxygens (including phenoxy) is 1. The summed E-state index contributed by atoms with van der Waals surface area (Å²) in [5, 5.41) is 0. The highest BCUT2D eigenvalue weighted by Gasteiger charge is 2.27. The molecule has 0 amide bonds. The number of anilines is 1. The fraction of sp³-hybridized carbons (Fsp3) is 0.375. The number of rotatable bonds is 5. The van der Waals surface area contributed by atoms with Crippen molar-refractivity contribution < 1.29 is 21.6 Å². The van der Waals surface area contributed by atoms with Crippen molar-refractivity contribution in [2.24, 2.45) is 0 Å². The molecule has 1 saturated heterocycles. The van der Waals surface area contributed by atoms with Gasteiger partial charge in [-0.3, -0.25) is 4.72 Å². The first-order valence-electron chi connectivity index (χ1n) is 7.98. The average Bonchev–Trinajstić information content (AvgIpc) is 2.95. The van der Waals surface area contributed by atoms with Gasteiger partial charge in [0.2, 0.25) is 10.0 Å². The van der Waals surface area contributed by atoms with E-state index >= 15 is 0 Å². The Morgan fingerprint density at radius 2 is 1.77 bits per heavy atom. The predicted molar refractivity (Wildman–Crippen MR) is 101 cm³/mol. The summed E-state index contributed by atoms with van der Waals surface area (Å²) >= 11 is 1.40. The zero-order valence-corrected chi connectivity index (χ0v) is 16.9.